The highest BCUT2D eigenvalue weighted by Gasteiger charge is 2.38. The molecule has 1 aliphatic rings. The van der Waals surface area contributed by atoms with Crippen LogP contribution in [-0.4, -0.2) is 33.4 Å². The van der Waals surface area contributed by atoms with E-state index in [-0.39, 0.29) is 6.42 Å². The van der Waals surface area contributed by atoms with Crippen LogP contribution in [0, 0.1) is 5.92 Å². The summed E-state index contributed by atoms with van der Waals surface area (Å²) in [4.78, 5) is 22.5. The minimum absolute atomic E-state index is 0.0589. The smallest absolute Gasteiger partial charge is 0.309 e. The maximum atomic E-state index is 11.6. The summed E-state index contributed by atoms with van der Waals surface area (Å²) in [6, 6.07) is 0. The van der Waals surface area contributed by atoms with E-state index < -0.39 is 29.1 Å². The van der Waals surface area contributed by atoms with Crippen LogP contribution < -0.4 is 0 Å². The highest BCUT2D eigenvalue weighted by atomic mass is 16.6. The highest BCUT2D eigenvalue weighted by Crippen LogP contribution is 2.35. The van der Waals surface area contributed by atoms with Crippen molar-refractivity contribution in [1.29, 1.82) is 0 Å². The Morgan fingerprint density at radius 3 is 2.17 bits per heavy atom. The number of carboxylic acid groups (broad SMARTS) is 1. The van der Waals surface area contributed by atoms with Crippen molar-refractivity contribution in [2.24, 2.45) is 5.92 Å². The molecule has 0 aromatic heterocycles. The Morgan fingerprint density at radius 1 is 1.28 bits per heavy atom. The molecule has 0 aliphatic heterocycles. The summed E-state index contributed by atoms with van der Waals surface area (Å²) >= 11 is 0. The summed E-state index contributed by atoms with van der Waals surface area (Å²) in [5.41, 5.74) is -1.67. The second kappa shape index (κ2) is 5.26. The fourth-order valence-electron chi connectivity index (χ4n) is 2.23. The van der Waals surface area contributed by atoms with Gasteiger partial charge >= 0.3 is 11.9 Å². The molecule has 1 rings (SSSR count). The zero-order valence-corrected chi connectivity index (χ0v) is 11.2. The van der Waals surface area contributed by atoms with Gasteiger partial charge in [-0.05, 0) is 46.5 Å². The lowest BCUT2D eigenvalue weighted by molar-refractivity contribution is -0.162. The summed E-state index contributed by atoms with van der Waals surface area (Å²) in [7, 11) is 0. The standard InChI is InChI=1S/C13H22O5/c1-12(2,3)18-10(14)8-13(17)6-4-9(5-7-13)11(15)16/h9,17H,4-8H2,1-3H3,(H,15,16). The second-order valence-corrected chi connectivity index (χ2v) is 6.10. The SMILES string of the molecule is CC(C)(C)OC(=O)CC1(O)CCC(C(=O)O)CC1. The Kier molecular flexibility index (Phi) is 4.37. The van der Waals surface area contributed by atoms with E-state index in [1.807, 2.05) is 0 Å². The molecule has 1 aliphatic carbocycles. The van der Waals surface area contributed by atoms with Gasteiger partial charge in [0.05, 0.1) is 17.9 Å². The number of aliphatic hydroxyl groups is 1. The average Bonchev–Trinajstić information content (AvgIpc) is 2.13. The maximum Gasteiger partial charge on any atom is 0.309 e. The van der Waals surface area contributed by atoms with Gasteiger partial charge in [-0.25, -0.2) is 0 Å². The third-order valence-corrected chi connectivity index (χ3v) is 3.16. The summed E-state index contributed by atoms with van der Waals surface area (Å²) in [6.45, 7) is 5.32. The lowest BCUT2D eigenvalue weighted by Crippen LogP contribution is -2.39. The Bertz CT molecular complexity index is 321. The van der Waals surface area contributed by atoms with Crippen LogP contribution in [0.1, 0.15) is 52.9 Å². The molecule has 0 saturated heterocycles. The molecule has 0 spiro atoms. The molecular weight excluding hydrogens is 236 g/mol. The van der Waals surface area contributed by atoms with E-state index in [0.717, 1.165) is 0 Å². The first-order valence-electron chi connectivity index (χ1n) is 6.28. The van der Waals surface area contributed by atoms with E-state index >= 15 is 0 Å². The first-order chi connectivity index (χ1) is 8.11. The molecule has 1 saturated carbocycles. The molecule has 0 radical (unpaired) electrons. The van der Waals surface area contributed by atoms with E-state index in [2.05, 4.69) is 0 Å². The van der Waals surface area contributed by atoms with Crippen LogP contribution in [0.15, 0.2) is 0 Å². The van der Waals surface area contributed by atoms with Gasteiger partial charge in [-0.3, -0.25) is 9.59 Å². The topological polar surface area (TPSA) is 83.8 Å². The first-order valence-corrected chi connectivity index (χ1v) is 6.28. The largest absolute Gasteiger partial charge is 0.481 e. The lowest BCUT2D eigenvalue weighted by Gasteiger charge is -2.34. The lowest BCUT2D eigenvalue weighted by atomic mass is 9.77. The van der Waals surface area contributed by atoms with Crippen molar-refractivity contribution in [3.8, 4) is 0 Å². The van der Waals surface area contributed by atoms with Crippen LogP contribution in [0.5, 0.6) is 0 Å². The van der Waals surface area contributed by atoms with Gasteiger partial charge in [0.25, 0.3) is 0 Å². The number of aliphatic carboxylic acids is 1. The Balaban J connectivity index is 2.48. The summed E-state index contributed by atoms with van der Waals surface area (Å²) < 4.78 is 5.16. The van der Waals surface area contributed by atoms with Crippen molar-refractivity contribution in [2.75, 3.05) is 0 Å². The van der Waals surface area contributed by atoms with Crippen LogP contribution in [0.3, 0.4) is 0 Å². The molecule has 0 atom stereocenters. The monoisotopic (exact) mass is 258 g/mol. The highest BCUT2D eigenvalue weighted by molar-refractivity contribution is 5.72. The van der Waals surface area contributed by atoms with Crippen LogP contribution in [0.25, 0.3) is 0 Å². The Labute approximate surface area is 107 Å². The second-order valence-electron chi connectivity index (χ2n) is 6.10. The van der Waals surface area contributed by atoms with Gasteiger partial charge in [0.2, 0.25) is 0 Å². The summed E-state index contributed by atoms with van der Waals surface area (Å²) in [5, 5.41) is 19.1. The predicted molar refractivity (Wildman–Crippen MR) is 65.0 cm³/mol. The normalized spacial score (nSPS) is 28.8. The number of ether oxygens (including phenoxy) is 1. The zero-order chi connectivity index (χ0) is 14.0. The molecule has 1 fully saturated rings. The van der Waals surface area contributed by atoms with Crippen LogP contribution in [0.2, 0.25) is 0 Å². The number of hydrogen-bond acceptors (Lipinski definition) is 4. The van der Waals surface area contributed by atoms with Gasteiger partial charge in [-0.1, -0.05) is 0 Å². The minimum Gasteiger partial charge on any atom is -0.481 e. The Hall–Kier alpha value is -1.10. The fraction of sp³-hybridized carbons (Fsp3) is 0.846. The number of esters is 1. The van der Waals surface area contributed by atoms with Gasteiger partial charge in [0.15, 0.2) is 0 Å². The third-order valence-electron chi connectivity index (χ3n) is 3.16. The van der Waals surface area contributed by atoms with Crippen LogP contribution >= 0.6 is 0 Å². The molecule has 104 valence electrons. The van der Waals surface area contributed by atoms with Gasteiger partial charge in [0.1, 0.15) is 5.60 Å². The predicted octanol–water partition coefficient (Wildman–Crippen LogP) is 1.72. The quantitative estimate of drug-likeness (QED) is 0.753. The summed E-state index contributed by atoms with van der Waals surface area (Å²) in [5.74, 6) is -1.66. The molecule has 5 nitrogen and oxygen atoms in total. The van der Waals surface area contributed by atoms with Crippen molar-refractivity contribution in [2.45, 2.75) is 64.1 Å². The molecule has 0 heterocycles. The molecule has 5 heteroatoms. The number of carboxylic acids is 1. The van der Waals surface area contributed by atoms with Gasteiger partial charge in [0, 0.05) is 0 Å². The molecule has 0 amide bonds. The summed E-state index contributed by atoms with van der Waals surface area (Å²) in [6.07, 6.45) is 1.44. The molecule has 0 aromatic rings. The molecule has 0 aromatic carbocycles. The maximum absolute atomic E-state index is 11.6. The third kappa shape index (κ3) is 4.64. The number of hydrogen-bond donors (Lipinski definition) is 2. The minimum atomic E-state index is -1.10. The van der Waals surface area contributed by atoms with Crippen molar-refractivity contribution in [3.05, 3.63) is 0 Å². The Morgan fingerprint density at radius 2 is 1.78 bits per heavy atom. The van der Waals surface area contributed by atoms with Gasteiger partial charge in [-0.2, -0.15) is 0 Å². The van der Waals surface area contributed by atoms with Crippen molar-refractivity contribution >= 4 is 11.9 Å². The number of carbonyl (C=O) groups excluding carboxylic acids is 1. The molecular formula is C13H22O5. The first kappa shape index (κ1) is 15.0. The fourth-order valence-corrected chi connectivity index (χ4v) is 2.23. The zero-order valence-electron chi connectivity index (χ0n) is 11.2. The van der Waals surface area contributed by atoms with Gasteiger partial charge in [-0.15, -0.1) is 0 Å². The van der Waals surface area contributed by atoms with E-state index in [9.17, 15) is 14.7 Å². The molecule has 0 bridgehead atoms. The molecule has 2 N–H and O–H groups in total. The van der Waals surface area contributed by atoms with Crippen molar-refractivity contribution < 1.29 is 24.5 Å². The van der Waals surface area contributed by atoms with Crippen molar-refractivity contribution in [1.82, 2.24) is 0 Å². The number of carbonyl (C=O) groups is 2. The molecule has 0 unspecified atom stereocenters. The van der Waals surface area contributed by atoms with Gasteiger partial charge < -0.3 is 14.9 Å². The number of rotatable bonds is 3. The average molecular weight is 258 g/mol. The van der Waals surface area contributed by atoms with E-state index in [1.165, 1.54) is 0 Å². The van der Waals surface area contributed by atoms with Crippen molar-refractivity contribution in [3.63, 3.8) is 0 Å². The van der Waals surface area contributed by atoms with Crippen LogP contribution in [0.4, 0.5) is 0 Å². The van der Waals surface area contributed by atoms with Crippen LogP contribution in [-0.2, 0) is 14.3 Å². The van der Waals surface area contributed by atoms with E-state index in [4.69, 9.17) is 9.84 Å². The molecule has 18 heavy (non-hydrogen) atoms. The van der Waals surface area contributed by atoms with E-state index in [1.54, 1.807) is 20.8 Å². The van der Waals surface area contributed by atoms with E-state index in [0.29, 0.717) is 25.7 Å².